The van der Waals surface area contributed by atoms with E-state index in [-0.39, 0.29) is 11.3 Å². The van der Waals surface area contributed by atoms with Gasteiger partial charge in [-0.3, -0.25) is 0 Å². The zero-order valence-corrected chi connectivity index (χ0v) is 14.1. The van der Waals surface area contributed by atoms with Crippen molar-refractivity contribution in [3.05, 3.63) is 40.4 Å². The summed E-state index contributed by atoms with van der Waals surface area (Å²) in [5.74, 6) is 0.724. The molecule has 0 radical (unpaired) electrons. The van der Waals surface area contributed by atoms with E-state index in [2.05, 4.69) is 32.8 Å². The summed E-state index contributed by atoms with van der Waals surface area (Å²) >= 11 is 5.06. The second-order valence-corrected chi connectivity index (χ2v) is 6.60. The Kier molecular flexibility index (Phi) is 5.44. The zero-order chi connectivity index (χ0) is 15.4. The number of aromatic nitrogens is 2. The van der Waals surface area contributed by atoms with Crippen LogP contribution < -0.4 is 17.2 Å². The Hall–Kier alpha value is -1.31. The Labute approximate surface area is 136 Å². The topological polar surface area (TPSA) is 104 Å². The van der Waals surface area contributed by atoms with Gasteiger partial charge in [0, 0.05) is 16.6 Å². The molecular formula is C14H18BrN5S. The summed E-state index contributed by atoms with van der Waals surface area (Å²) < 4.78 is 1.02. The molecule has 0 aliphatic heterocycles. The number of thioether (sulfide) groups is 1. The highest BCUT2D eigenvalue weighted by molar-refractivity contribution is 9.10. The molecule has 1 aromatic heterocycles. The van der Waals surface area contributed by atoms with E-state index in [1.54, 1.807) is 0 Å². The first-order valence-corrected chi connectivity index (χ1v) is 8.25. The van der Waals surface area contributed by atoms with Gasteiger partial charge in [-0.05, 0) is 18.1 Å². The van der Waals surface area contributed by atoms with Gasteiger partial charge in [0.2, 0.25) is 0 Å². The summed E-state index contributed by atoms with van der Waals surface area (Å²) in [5.41, 5.74) is 18.8. The summed E-state index contributed by atoms with van der Waals surface area (Å²) in [6.45, 7) is 2.06. The molecule has 0 aliphatic rings. The van der Waals surface area contributed by atoms with E-state index in [1.807, 2.05) is 24.3 Å². The van der Waals surface area contributed by atoms with Crippen molar-refractivity contribution in [2.24, 2.45) is 5.73 Å². The minimum atomic E-state index is -0.0278. The number of nitrogens with zero attached hydrogens (tertiary/aromatic N) is 2. The van der Waals surface area contributed by atoms with Gasteiger partial charge in [-0.2, -0.15) is 0 Å². The van der Waals surface area contributed by atoms with Crippen LogP contribution in [0.5, 0.6) is 0 Å². The smallest absolute Gasteiger partial charge is 0.192 e. The molecule has 1 aromatic carbocycles. The molecule has 0 spiro atoms. The second kappa shape index (κ2) is 7.11. The number of hydrogen-bond donors (Lipinski definition) is 3. The lowest BCUT2D eigenvalue weighted by Crippen LogP contribution is -2.26. The van der Waals surface area contributed by atoms with E-state index >= 15 is 0 Å². The summed E-state index contributed by atoms with van der Waals surface area (Å²) in [4.78, 5) is 8.45. The highest BCUT2D eigenvalue weighted by Crippen LogP contribution is 2.39. The van der Waals surface area contributed by atoms with Crippen molar-refractivity contribution in [2.45, 2.75) is 29.8 Å². The minimum Gasteiger partial charge on any atom is -0.383 e. The van der Waals surface area contributed by atoms with Gasteiger partial charge in [-0.15, -0.1) is 0 Å². The molecule has 0 saturated heterocycles. The van der Waals surface area contributed by atoms with Crippen LogP contribution in [-0.2, 0) is 0 Å². The van der Waals surface area contributed by atoms with E-state index in [9.17, 15) is 0 Å². The van der Waals surface area contributed by atoms with Crippen molar-refractivity contribution in [2.75, 3.05) is 11.5 Å². The van der Waals surface area contributed by atoms with Gasteiger partial charge in [-0.25, -0.2) is 9.97 Å². The number of hydrogen-bond acceptors (Lipinski definition) is 6. The number of nitrogen functional groups attached to an aromatic ring is 2. The van der Waals surface area contributed by atoms with Crippen LogP contribution in [0.15, 0.2) is 40.0 Å². The average molecular weight is 368 g/mol. The standard InChI is InChI=1S/C14H18BrN5S/c1-2-10(16)13(8-5-3-4-6-9(8)15)21-14-19-11(17)7-12(18)20-14/h3-7,10,13H,2,16H2,1H3,(H4,17,18,19,20). The van der Waals surface area contributed by atoms with Crippen LogP contribution in [0.25, 0.3) is 0 Å². The molecule has 1 heterocycles. The van der Waals surface area contributed by atoms with Crippen LogP contribution in [0.4, 0.5) is 11.6 Å². The zero-order valence-electron chi connectivity index (χ0n) is 11.7. The molecule has 5 nitrogen and oxygen atoms in total. The summed E-state index contributed by atoms with van der Waals surface area (Å²) in [6.07, 6.45) is 0.844. The second-order valence-electron chi connectivity index (χ2n) is 4.63. The number of halogens is 1. The quantitative estimate of drug-likeness (QED) is 0.554. The van der Waals surface area contributed by atoms with Gasteiger partial charge in [0.15, 0.2) is 5.16 Å². The Balaban J connectivity index is 2.35. The van der Waals surface area contributed by atoms with Crippen molar-refractivity contribution in [1.82, 2.24) is 9.97 Å². The highest BCUT2D eigenvalue weighted by atomic mass is 79.9. The lowest BCUT2D eigenvalue weighted by Gasteiger charge is -2.23. The van der Waals surface area contributed by atoms with Crippen molar-refractivity contribution < 1.29 is 0 Å². The first-order chi connectivity index (χ1) is 10.0. The molecule has 0 amide bonds. The van der Waals surface area contributed by atoms with Crippen molar-refractivity contribution in [3.8, 4) is 0 Å². The van der Waals surface area contributed by atoms with Gasteiger partial charge in [0.25, 0.3) is 0 Å². The van der Waals surface area contributed by atoms with Crippen LogP contribution in [0.2, 0.25) is 0 Å². The molecule has 2 unspecified atom stereocenters. The normalized spacial score (nSPS) is 13.9. The lowest BCUT2D eigenvalue weighted by atomic mass is 10.0. The third-order valence-corrected chi connectivity index (χ3v) is 5.02. The largest absolute Gasteiger partial charge is 0.383 e. The maximum Gasteiger partial charge on any atom is 0.192 e. The Morgan fingerprint density at radius 2 is 1.81 bits per heavy atom. The fourth-order valence-electron chi connectivity index (χ4n) is 1.93. The highest BCUT2D eigenvalue weighted by Gasteiger charge is 2.23. The predicted molar refractivity (Wildman–Crippen MR) is 91.9 cm³/mol. The Morgan fingerprint density at radius 1 is 1.19 bits per heavy atom. The van der Waals surface area contributed by atoms with Gasteiger partial charge < -0.3 is 17.2 Å². The molecule has 112 valence electrons. The summed E-state index contributed by atoms with van der Waals surface area (Å²) in [5, 5.41) is 0.559. The van der Waals surface area contributed by atoms with E-state index < -0.39 is 0 Å². The molecule has 0 aliphatic carbocycles. The maximum atomic E-state index is 6.28. The first-order valence-electron chi connectivity index (χ1n) is 6.58. The van der Waals surface area contributed by atoms with E-state index in [4.69, 9.17) is 17.2 Å². The molecule has 21 heavy (non-hydrogen) atoms. The predicted octanol–water partition coefficient (Wildman–Crippen LogP) is 2.97. The van der Waals surface area contributed by atoms with E-state index in [0.29, 0.717) is 16.8 Å². The molecule has 2 atom stereocenters. The number of anilines is 2. The average Bonchev–Trinajstić information content (AvgIpc) is 2.44. The van der Waals surface area contributed by atoms with Crippen LogP contribution in [0, 0.1) is 0 Å². The van der Waals surface area contributed by atoms with Crippen molar-refractivity contribution in [1.29, 1.82) is 0 Å². The van der Waals surface area contributed by atoms with Crippen LogP contribution >= 0.6 is 27.7 Å². The Bertz CT molecular complexity index is 602. The monoisotopic (exact) mass is 367 g/mol. The summed E-state index contributed by atoms with van der Waals surface area (Å²) in [6, 6.07) is 9.52. The van der Waals surface area contributed by atoms with Gasteiger partial charge in [0.05, 0.1) is 5.25 Å². The molecule has 2 rings (SSSR count). The number of rotatable bonds is 5. The van der Waals surface area contributed by atoms with Crippen LogP contribution in [-0.4, -0.2) is 16.0 Å². The van der Waals surface area contributed by atoms with Gasteiger partial charge >= 0.3 is 0 Å². The molecule has 0 fully saturated rings. The molecular weight excluding hydrogens is 350 g/mol. The third kappa shape index (κ3) is 4.09. The molecule has 0 saturated carbocycles. The molecule has 6 N–H and O–H groups in total. The lowest BCUT2D eigenvalue weighted by molar-refractivity contribution is 0.631. The van der Waals surface area contributed by atoms with Gasteiger partial charge in [0.1, 0.15) is 11.6 Å². The van der Waals surface area contributed by atoms with Gasteiger partial charge in [-0.1, -0.05) is 52.8 Å². The SMILES string of the molecule is CCC(N)C(Sc1nc(N)cc(N)n1)c1ccccc1Br. The van der Waals surface area contributed by atoms with Crippen molar-refractivity contribution >= 4 is 39.3 Å². The van der Waals surface area contributed by atoms with E-state index in [1.165, 1.54) is 17.8 Å². The number of nitrogens with two attached hydrogens (primary N) is 3. The molecule has 2 aromatic rings. The van der Waals surface area contributed by atoms with E-state index in [0.717, 1.165) is 16.5 Å². The summed E-state index contributed by atoms with van der Waals surface area (Å²) in [7, 11) is 0. The maximum absolute atomic E-state index is 6.28. The fraction of sp³-hybridized carbons (Fsp3) is 0.286. The fourth-order valence-corrected chi connectivity index (χ4v) is 3.86. The molecule has 7 heteroatoms. The first kappa shape index (κ1) is 16.1. The van der Waals surface area contributed by atoms with Crippen LogP contribution in [0.1, 0.15) is 24.2 Å². The third-order valence-electron chi connectivity index (χ3n) is 3.05. The number of benzene rings is 1. The molecule has 0 bridgehead atoms. The van der Waals surface area contributed by atoms with Crippen LogP contribution in [0.3, 0.4) is 0 Å². The minimum absolute atomic E-state index is 0.0202. The Morgan fingerprint density at radius 3 is 2.38 bits per heavy atom. The van der Waals surface area contributed by atoms with Crippen molar-refractivity contribution in [3.63, 3.8) is 0 Å².